The molecule has 0 aliphatic rings. The predicted molar refractivity (Wildman–Crippen MR) is 53.3 cm³/mol. The number of benzene rings is 1. The van der Waals surface area contributed by atoms with Crippen molar-refractivity contribution >= 4 is 17.4 Å². The maximum absolute atomic E-state index is 13.5. The average Bonchev–Trinajstić information content (AvgIpc) is 2.62. The molecule has 1 aromatic carbocycles. The molecule has 3 nitrogen and oxygen atoms in total. The topological polar surface area (TPSA) is 54.7 Å². The molecular weight excluding hydrogens is 243 g/mol. The summed E-state index contributed by atoms with van der Waals surface area (Å²) in [5.41, 5.74) is 4.59. The lowest BCUT2D eigenvalue weighted by molar-refractivity contribution is 0.498. The van der Waals surface area contributed by atoms with Crippen LogP contribution in [-0.2, 0) is 0 Å². The van der Waals surface area contributed by atoms with E-state index in [2.05, 4.69) is 10.2 Å². The second-order valence-corrected chi connectivity index (χ2v) is 3.46. The van der Waals surface area contributed by atoms with Crippen LogP contribution >= 0.6 is 11.6 Å². The Labute approximate surface area is 93.0 Å². The maximum atomic E-state index is 13.5. The number of H-pyrrole nitrogens is 1. The number of nitrogen functional groups attached to an aromatic ring is 1. The average molecular weight is 248 g/mol. The minimum atomic E-state index is -1.34. The van der Waals surface area contributed by atoms with Crippen LogP contribution in [0, 0.1) is 17.5 Å². The fourth-order valence-corrected chi connectivity index (χ4v) is 1.47. The Balaban J connectivity index is 2.73. The van der Waals surface area contributed by atoms with Gasteiger partial charge in [0.15, 0.2) is 17.5 Å². The van der Waals surface area contributed by atoms with Crippen molar-refractivity contribution in [2.75, 3.05) is 5.73 Å². The van der Waals surface area contributed by atoms with E-state index in [0.717, 1.165) is 0 Å². The van der Waals surface area contributed by atoms with E-state index in [1.165, 1.54) is 6.07 Å². The summed E-state index contributed by atoms with van der Waals surface area (Å²) in [6, 6.07) is 1.74. The summed E-state index contributed by atoms with van der Waals surface area (Å²) < 4.78 is 39.9. The first kappa shape index (κ1) is 10.8. The van der Waals surface area contributed by atoms with Crippen LogP contribution in [-0.4, -0.2) is 10.2 Å². The van der Waals surface area contributed by atoms with E-state index >= 15 is 0 Å². The van der Waals surface area contributed by atoms with E-state index < -0.39 is 28.0 Å². The summed E-state index contributed by atoms with van der Waals surface area (Å²) in [7, 11) is 0. The zero-order valence-corrected chi connectivity index (χ0v) is 8.45. The maximum Gasteiger partial charge on any atom is 0.171 e. The van der Waals surface area contributed by atoms with Crippen molar-refractivity contribution in [1.29, 1.82) is 0 Å². The molecule has 0 saturated carbocycles. The Morgan fingerprint density at radius 1 is 1.19 bits per heavy atom. The zero-order chi connectivity index (χ0) is 11.9. The number of nitrogens with one attached hydrogen (secondary N) is 1. The van der Waals surface area contributed by atoms with Gasteiger partial charge >= 0.3 is 0 Å². The fraction of sp³-hybridized carbons (Fsp3) is 0. The van der Waals surface area contributed by atoms with Crippen molar-refractivity contribution in [3.8, 4) is 11.3 Å². The summed E-state index contributed by atoms with van der Waals surface area (Å²) in [4.78, 5) is 0. The van der Waals surface area contributed by atoms with Crippen LogP contribution in [0.5, 0.6) is 0 Å². The van der Waals surface area contributed by atoms with Crippen molar-refractivity contribution in [2.45, 2.75) is 0 Å². The first-order valence-electron chi connectivity index (χ1n) is 4.15. The molecule has 0 bridgehead atoms. The third-order valence-corrected chi connectivity index (χ3v) is 2.25. The normalized spacial score (nSPS) is 10.8. The molecule has 2 aromatic rings. The lowest BCUT2D eigenvalue weighted by Crippen LogP contribution is -1.96. The number of hydrogen-bond acceptors (Lipinski definition) is 2. The summed E-state index contributed by atoms with van der Waals surface area (Å²) in [5.74, 6) is -3.61. The highest BCUT2D eigenvalue weighted by atomic mass is 35.5. The van der Waals surface area contributed by atoms with Gasteiger partial charge in [-0.15, -0.1) is 0 Å². The molecule has 0 aliphatic carbocycles. The van der Waals surface area contributed by atoms with Gasteiger partial charge in [0, 0.05) is 6.07 Å². The number of rotatable bonds is 1. The molecule has 3 N–H and O–H groups in total. The molecule has 7 heteroatoms. The zero-order valence-electron chi connectivity index (χ0n) is 7.69. The molecule has 16 heavy (non-hydrogen) atoms. The van der Waals surface area contributed by atoms with Gasteiger partial charge in [-0.2, -0.15) is 5.10 Å². The van der Waals surface area contributed by atoms with Crippen LogP contribution in [0.15, 0.2) is 12.1 Å². The first-order valence-corrected chi connectivity index (χ1v) is 4.52. The predicted octanol–water partition coefficient (Wildman–Crippen LogP) is 2.73. The molecule has 0 unspecified atom stereocenters. The summed E-state index contributed by atoms with van der Waals surface area (Å²) in [6.07, 6.45) is 0. The molecule has 2 rings (SSSR count). The van der Waals surface area contributed by atoms with E-state index in [-0.39, 0.29) is 11.5 Å². The van der Waals surface area contributed by atoms with Crippen molar-refractivity contribution in [3.63, 3.8) is 0 Å². The van der Waals surface area contributed by atoms with Gasteiger partial charge < -0.3 is 5.73 Å². The van der Waals surface area contributed by atoms with Crippen LogP contribution in [0.2, 0.25) is 5.02 Å². The third kappa shape index (κ3) is 1.61. The van der Waals surface area contributed by atoms with E-state index in [1.807, 2.05) is 0 Å². The van der Waals surface area contributed by atoms with Gasteiger partial charge in [-0.1, -0.05) is 11.6 Å². The van der Waals surface area contributed by atoms with Crippen LogP contribution in [0.25, 0.3) is 11.3 Å². The Kier molecular flexibility index (Phi) is 2.51. The van der Waals surface area contributed by atoms with Crippen LogP contribution in [0.1, 0.15) is 0 Å². The van der Waals surface area contributed by atoms with Crippen molar-refractivity contribution in [3.05, 3.63) is 34.6 Å². The molecule has 0 saturated heterocycles. The standard InChI is InChI=1S/C9H5ClF3N3/c10-3-1-4(11)9(13)7(8(3)12)5-2-6(14)16-15-5/h1-2H,(H3,14,15,16). The monoisotopic (exact) mass is 247 g/mol. The van der Waals surface area contributed by atoms with E-state index in [1.54, 1.807) is 0 Å². The Hall–Kier alpha value is -1.69. The number of aromatic nitrogens is 2. The molecule has 84 valence electrons. The number of aromatic amines is 1. The minimum absolute atomic E-state index is 0.0363. The Morgan fingerprint density at radius 3 is 2.44 bits per heavy atom. The lowest BCUT2D eigenvalue weighted by Gasteiger charge is -2.04. The molecule has 0 radical (unpaired) electrons. The van der Waals surface area contributed by atoms with Gasteiger partial charge in [0.05, 0.1) is 16.3 Å². The second-order valence-electron chi connectivity index (χ2n) is 3.05. The van der Waals surface area contributed by atoms with Crippen LogP contribution in [0.4, 0.5) is 19.0 Å². The highest BCUT2D eigenvalue weighted by Gasteiger charge is 2.20. The summed E-state index contributed by atoms with van der Waals surface area (Å²) >= 11 is 5.40. The van der Waals surface area contributed by atoms with Gasteiger partial charge in [0.1, 0.15) is 5.82 Å². The second kappa shape index (κ2) is 3.71. The van der Waals surface area contributed by atoms with Crippen LogP contribution < -0.4 is 5.73 Å². The molecule has 1 heterocycles. The summed E-state index contributed by atoms with van der Waals surface area (Å²) in [6.45, 7) is 0. The fourth-order valence-electron chi connectivity index (χ4n) is 1.27. The van der Waals surface area contributed by atoms with Gasteiger partial charge in [0.25, 0.3) is 0 Å². The largest absolute Gasteiger partial charge is 0.382 e. The highest BCUT2D eigenvalue weighted by molar-refractivity contribution is 6.31. The number of halogens is 4. The Bertz CT molecular complexity index is 527. The highest BCUT2D eigenvalue weighted by Crippen LogP contribution is 2.31. The lowest BCUT2D eigenvalue weighted by atomic mass is 10.1. The SMILES string of the molecule is Nc1cc(-c2c(F)c(F)cc(Cl)c2F)[nH]n1. The van der Waals surface area contributed by atoms with Crippen molar-refractivity contribution in [2.24, 2.45) is 0 Å². The van der Waals surface area contributed by atoms with E-state index in [0.29, 0.717) is 6.07 Å². The summed E-state index contributed by atoms with van der Waals surface area (Å²) in [5, 5.41) is 5.25. The van der Waals surface area contributed by atoms with Crippen molar-refractivity contribution < 1.29 is 13.2 Å². The molecule has 0 amide bonds. The van der Waals surface area contributed by atoms with Gasteiger partial charge in [-0.25, -0.2) is 13.2 Å². The molecule has 0 fully saturated rings. The van der Waals surface area contributed by atoms with Gasteiger partial charge in [0.2, 0.25) is 0 Å². The third-order valence-electron chi connectivity index (χ3n) is 1.98. The number of nitrogens with two attached hydrogens (primary N) is 1. The Morgan fingerprint density at radius 2 is 1.88 bits per heavy atom. The number of anilines is 1. The molecule has 1 aromatic heterocycles. The number of hydrogen-bond donors (Lipinski definition) is 2. The van der Waals surface area contributed by atoms with Gasteiger partial charge in [-0.3, -0.25) is 5.10 Å². The van der Waals surface area contributed by atoms with E-state index in [4.69, 9.17) is 17.3 Å². The van der Waals surface area contributed by atoms with Crippen LogP contribution in [0.3, 0.4) is 0 Å². The quantitative estimate of drug-likeness (QED) is 0.762. The smallest absolute Gasteiger partial charge is 0.171 e. The number of nitrogens with zero attached hydrogens (tertiary/aromatic N) is 1. The minimum Gasteiger partial charge on any atom is -0.382 e. The van der Waals surface area contributed by atoms with Crippen molar-refractivity contribution in [1.82, 2.24) is 10.2 Å². The molecule has 0 aliphatic heterocycles. The first-order chi connectivity index (χ1) is 7.50. The van der Waals surface area contributed by atoms with E-state index in [9.17, 15) is 13.2 Å². The molecule has 0 atom stereocenters. The molecular formula is C9H5ClF3N3. The van der Waals surface area contributed by atoms with Gasteiger partial charge in [-0.05, 0) is 6.07 Å². The molecule has 0 spiro atoms.